The number of carbonyl (C=O) groups is 1. The van der Waals surface area contributed by atoms with Crippen LogP contribution in [0.25, 0.3) is 0 Å². The summed E-state index contributed by atoms with van der Waals surface area (Å²) in [4.78, 5) is 12.2. The fourth-order valence-corrected chi connectivity index (χ4v) is 1.88. The molecule has 96 valence electrons. The number of hydrogen-bond acceptors (Lipinski definition) is 4. The van der Waals surface area contributed by atoms with E-state index in [1.807, 2.05) is 0 Å². The summed E-state index contributed by atoms with van der Waals surface area (Å²) in [6.07, 6.45) is 0.395. The molecule has 0 fully saturated rings. The van der Waals surface area contributed by atoms with Gasteiger partial charge in [-0.2, -0.15) is 0 Å². The summed E-state index contributed by atoms with van der Waals surface area (Å²) in [5.74, 6) is 0.938. The summed E-state index contributed by atoms with van der Waals surface area (Å²) < 4.78 is 10.4. The summed E-state index contributed by atoms with van der Waals surface area (Å²) >= 11 is 4.78. The minimum Gasteiger partial charge on any atom is -0.454 e. The largest absolute Gasteiger partial charge is 0.454 e. The van der Waals surface area contributed by atoms with E-state index in [9.17, 15) is 4.79 Å². The third-order valence-electron chi connectivity index (χ3n) is 2.60. The first-order valence-electron chi connectivity index (χ1n) is 5.55. The number of rotatable bonds is 4. The van der Waals surface area contributed by atoms with Crippen LogP contribution in [0.1, 0.15) is 13.3 Å². The molecule has 3 N–H and O–H groups in total. The van der Waals surface area contributed by atoms with Crippen molar-refractivity contribution in [3.63, 3.8) is 0 Å². The van der Waals surface area contributed by atoms with Gasteiger partial charge in [-0.1, -0.05) is 19.1 Å². The summed E-state index contributed by atoms with van der Waals surface area (Å²) in [6.45, 7) is 1.99. The third kappa shape index (κ3) is 2.89. The van der Waals surface area contributed by atoms with E-state index < -0.39 is 0 Å². The number of anilines is 1. The molecular formula is C12H14N2O3S. The number of nitrogens with one attached hydrogen (secondary N) is 1. The predicted molar refractivity (Wildman–Crippen MR) is 71.8 cm³/mol. The Morgan fingerprint density at radius 2 is 2.22 bits per heavy atom. The van der Waals surface area contributed by atoms with Gasteiger partial charge in [-0.15, -0.1) is 0 Å². The van der Waals surface area contributed by atoms with E-state index >= 15 is 0 Å². The van der Waals surface area contributed by atoms with Crippen LogP contribution in [0.5, 0.6) is 11.5 Å². The molecule has 1 heterocycles. The van der Waals surface area contributed by atoms with Crippen LogP contribution >= 0.6 is 12.2 Å². The summed E-state index contributed by atoms with van der Waals surface area (Å²) in [5, 5.41) is 2.79. The molecule has 0 spiro atoms. The van der Waals surface area contributed by atoms with E-state index in [0.29, 0.717) is 28.6 Å². The Morgan fingerprint density at radius 3 is 2.94 bits per heavy atom. The molecule has 1 aromatic carbocycles. The van der Waals surface area contributed by atoms with Gasteiger partial charge >= 0.3 is 0 Å². The van der Waals surface area contributed by atoms with E-state index in [1.54, 1.807) is 25.1 Å². The smallest absolute Gasteiger partial charge is 0.231 e. The normalized spacial score (nSPS) is 14.1. The zero-order valence-corrected chi connectivity index (χ0v) is 10.8. The van der Waals surface area contributed by atoms with Crippen LogP contribution < -0.4 is 20.5 Å². The molecule has 5 nitrogen and oxygen atoms in total. The summed E-state index contributed by atoms with van der Waals surface area (Å²) in [5.41, 5.74) is 6.08. The first kappa shape index (κ1) is 12.6. The quantitative estimate of drug-likeness (QED) is 0.811. The van der Waals surface area contributed by atoms with E-state index in [-0.39, 0.29) is 18.6 Å². The molecule has 0 aliphatic carbocycles. The lowest BCUT2D eigenvalue weighted by molar-refractivity contribution is -0.119. The number of ether oxygens (including phenoxy) is 2. The van der Waals surface area contributed by atoms with Crippen molar-refractivity contribution in [3.05, 3.63) is 18.2 Å². The second-order valence-corrected chi connectivity index (χ2v) is 4.65. The maximum absolute atomic E-state index is 11.8. The number of nitrogens with two attached hydrogens (primary N) is 1. The Kier molecular flexibility index (Phi) is 3.66. The first-order chi connectivity index (χ1) is 8.56. The standard InChI is InChI=1S/C12H14N2O3S/c1-7(4-11(13)18)12(15)14-8-2-3-9-10(5-8)17-6-16-9/h2-3,5,7H,4,6H2,1H3,(H2,13,18)(H,14,15). The van der Waals surface area contributed by atoms with Crippen LogP contribution in [0, 0.1) is 5.92 Å². The molecule has 0 radical (unpaired) electrons. The highest BCUT2D eigenvalue weighted by Crippen LogP contribution is 2.34. The van der Waals surface area contributed by atoms with Crippen LogP contribution in [0.4, 0.5) is 5.69 Å². The lowest BCUT2D eigenvalue weighted by Gasteiger charge is -2.11. The summed E-state index contributed by atoms with van der Waals surface area (Å²) in [7, 11) is 0. The third-order valence-corrected chi connectivity index (χ3v) is 2.76. The fraction of sp³-hybridized carbons (Fsp3) is 0.333. The highest BCUT2D eigenvalue weighted by atomic mass is 32.1. The fourth-order valence-electron chi connectivity index (χ4n) is 1.63. The lowest BCUT2D eigenvalue weighted by Crippen LogP contribution is -2.24. The average Bonchev–Trinajstić information content (AvgIpc) is 2.75. The van der Waals surface area contributed by atoms with Crippen molar-refractivity contribution in [3.8, 4) is 11.5 Å². The zero-order valence-electron chi connectivity index (χ0n) is 9.93. The summed E-state index contributed by atoms with van der Waals surface area (Å²) in [6, 6.07) is 5.25. The number of carbonyl (C=O) groups excluding carboxylic acids is 1. The Balaban J connectivity index is 2.01. The van der Waals surface area contributed by atoms with Crippen molar-refractivity contribution in [1.82, 2.24) is 0 Å². The number of benzene rings is 1. The van der Waals surface area contributed by atoms with E-state index in [4.69, 9.17) is 27.4 Å². The zero-order chi connectivity index (χ0) is 13.1. The van der Waals surface area contributed by atoms with E-state index in [1.165, 1.54) is 0 Å². The van der Waals surface area contributed by atoms with Gasteiger partial charge in [0.05, 0.1) is 4.99 Å². The molecule has 6 heteroatoms. The second-order valence-electron chi connectivity index (χ2n) is 4.13. The SMILES string of the molecule is CC(CC(N)=S)C(=O)Nc1ccc2c(c1)OCO2. The molecule has 18 heavy (non-hydrogen) atoms. The van der Waals surface area contributed by atoms with Gasteiger partial charge in [-0.3, -0.25) is 4.79 Å². The highest BCUT2D eigenvalue weighted by Gasteiger charge is 2.17. The van der Waals surface area contributed by atoms with Crippen molar-refractivity contribution in [1.29, 1.82) is 0 Å². The van der Waals surface area contributed by atoms with Gasteiger partial charge < -0.3 is 20.5 Å². The van der Waals surface area contributed by atoms with Gasteiger partial charge in [0.1, 0.15) is 0 Å². The molecule has 0 saturated carbocycles. The lowest BCUT2D eigenvalue weighted by atomic mass is 10.1. The van der Waals surface area contributed by atoms with Crippen LogP contribution in [0.3, 0.4) is 0 Å². The van der Waals surface area contributed by atoms with E-state index in [0.717, 1.165) is 0 Å². The van der Waals surface area contributed by atoms with Crippen molar-refractivity contribution < 1.29 is 14.3 Å². The Hall–Kier alpha value is -1.82. The first-order valence-corrected chi connectivity index (χ1v) is 5.96. The molecule has 0 bridgehead atoms. The monoisotopic (exact) mass is 266 g/mol. The highest BCUT2D eigenvalue weighted by molar-refractivity contribution is 7.80. The molecule has 1 aromatic rings. The van der Waals surface area contributed by atoms with Gasteiger partial charge in [0.2, 0.25) is 12.7 Å². The number of hydrogen-bond donors (Lipinski definition) is 2. The minimum atomic E-state index is -0.257. The van der Waals surface area contributed by atoms with Gasteiger partial charge in [0.25, 0.3) is 0 Å². The van der Waals surface area contributed by atoms with Crippen LogP contribution in [0.15, 0.2) is 18.2 Å². The predicted octanol–water partition coefficient (Wildman–Crippen LogP) is 1.67. The molecule has 0 aromatic heterocycles. The minimum absolute atomic E-state index is 0.123. The molecule has 1 unspecified atom stereocenters. The number of fused-ring (bicyclic) bond motifs is 1. The van der Waals surface area contributed by atoms with Crippen molar-refractivity contribution in [2.24, 2.45) is 11.7 Å². The molecule has 1 amide bonds. The van der Waals surface area contributed by atoms with Crippen molar-refractivity contribution in [2.45, 2.75) is 13.3 Å². The Bertz CT molecular complexity index is 490. The van der Waals surface area contributed by atoms with Crippen molar-refractivity contribution in [2.75, 3.05) is 12.1 Å². The molecule has 1 atom stereocenters. The van der Waals surface area contributed by atoms with Crippen LogP contribution in [0.2, 0.25) is 0 Å². The molecular weight excluding hydrogens is 252 g/mol. The number of amides is 1. The van der Waals surface area contributed by atoms with Gasteiger partial charge in [-0.05, 0) is 12.1 Å². The maximum Gasteiger partial charge on any atom is 0.231 e. The second kappa shape index (κ2) is 5.22. The Morgan fingerprint density at radius 1 is 1.50 bits per heavy atom. The molecule has 1 aliphatic heterocycles. The Labute approximate surface area is 110 Å². The molecule has 1 aliphatic rings. The van der Waals surface area contributed by atoms with Crippen molar-refractivity contribution >= 4 is 28.8 Å². The number of thiocarbonyl (C=S) groups is 1. The van der Waals surface area contributed by atoms with Gasteiger partial charge in [0.15, 0.2) is 11.5 Å². The van der Waals surface area contributed by atoms with Gasteiger partial charge in [0, 0.05) is 24.1 Å². The van der Waals surface area contributed by atoms with Crippen LogP contribution in [-0.2, 0) is 4.79 Å². The molecule has 2 rings (SSSR count). The maximum atomic E-state index is 11.8. The molecule has 0 saturated heterocycles. The topological polar surface area (TPSA) is 73.6 Å². The van der Waals surface area contributed by atoms with Gasteiger partial charge in [-0.25, -0.2) is 0 Å². The average molecular weight is 266 g/mol. The van der Waals surface area contributed by atoms with Crippen LogP contribution in [-0.4, -0.2) is 17.7 Å². The van der Waals surface area contributed by atoms with E-state index in [2.05, 4.69) is 5.32 Å².